The molecule has 0 aromatic heterocycles. The number of anilines is 1. The molecule has 4 heteroatoms. The second kappa shape index (κ2) is 8.15. The van der Waals surface area contributed by atoms with E-state index >= 15 is 0 Å². The first-order valence-corrected chi connectivity index (χ1v) is 7.87. The van der Waals surface area contributed by atoms with Crippen molar-refractivity contribution in [3.63, 3.8) is 0 Å². The average Bonchev–Trinajstić information content (AvgIpc) is 2.51. The Kier molecular flexibility index (Phi) is 6.21. The maximum absolute atomic E-state index is 13.1. The lowest BCUT2D eigenvalue weighted by Crippen LogP contribution is -2.23. The van der Waals surface area contributed by atoms with Gasteiger partial charge in [-0.2, -0.15) is 0 Å². The molecule has 0 saturated heterocycles. The second-order valence-corrected chi connectivity index (χ2v) is 5.89. The lowest BCUT2D eigenvalue weighted by Gasteiger charge is -2.19. The molecule has 112 valence electrons. The van der Waals surface area contributed by atoms with Crippen LogP contribution in [0.25, 0.3) is 0 Å². The SMILES string of the molecule is CN(CCCNCc1ccc(F)c(Br)c1)c1ccccc1. The van der Waals surface area contributed by atoms with E-state index in [-0.39, 0.29) is 5.82 Å². The van der Waals surface area contributed by atoms with Crippen LogP contribution in [0.4, 0.5) is 10.1 Å². The molecular weight excluding hydrogens is 331 g/mol. The summed E-state index contributed by atoms with van der Waals surface area (Å²) in [5.74, 6) is -0.219. The highest BCUT2D eigenvalue weighted by atomic mass is 79.9. The molecule has 0 aliphatic carbocycles. The molecule has 1 N–H and O–H groups in total. The molecule has 0 heterocycles. The quantitative estimate of drug-likeness (QED) is 0.752. The van der Waals surface area contributed by atoms with Gasteiger partial charge in [0.25, 0.3) is 0 Å². The Balaban J connectivity index is 1.67. The van der Waals surface area contributed by atoms with Gasteiger partial charge in [-0.3, -0.25) is 0 Å². The maximum atomic E-state index is 13.1. The maximum Gasteiger partial charge on any atom is 0.137 e. The first-order valence-electron chi connectivity index (χ1n) is 7.07. The summed E-state index contributed by atoms with van der Waals surface area (Å²) in [6.45, 7) is 2.70. The molecule has 2 aromatic rings. The lowest BCUT2D eigenvalue weighted by molar-refractivity contribution is 0.616. The zero-order valence-electron chi connectivity index (χ0n) is 12.2. The zero-order chi connectivity index (χ0) is 15.1. The number of benzene rings is 2. The van der Waals surface area contributed by atoms with Crippen LogP contribution in [0.2, 0.25) is 0 Å². The molecule has 0 radical (unpaired) electrons. The zero-order valence-corrected chi connectivity index (χ0v) is 13.7. The number of nitrogens with one attached hydrogen (secondary N) is 1. The molecule has 0 aliphatic rings. The van der Waals surface area contributed by atoms with Crippen LogP contribution in [-0.4, -0.2) is 20.1 Å². The summed E-state index contributed by atoms with van der Waals surface area (Å²) in [6, 6.07) is 15.5. The smallest absolute Gasteiger partial charge is 0.137 e. The third-order valence-corrected chi connectivity index (χ3v) is 3.96. The fraction of sp³-hybridized carbons (Fsp3) is 0.294. The summed E-state index contributed by atoms with van der Waals surface area (Å²) < 4.78 is 13.6. The van der Waals surface area contributed by atoms with Crippen molar-refractivity contribution in [2.45, 2.75) is 13.0 Å². The predicted molar refractivity (Wildman–Crippen MR) is 90.1 cm³/mol. The van der Waals surface area contributed by atoms with Gasteiger partial charge in [0.05, 0.1) is 4.47 Å². The third-order valence-electron chi connectivity index (χ3n) is 3.36. The van der Waals surface area contributed by atoms with Gasteiger partial charge in [0.15, 0.2) is 0 Å². The molecule has 0 fully saturated rings. The Bertz CT molecular complexity index is 560. The van der Waals surface area contributed by atoms with Crippen LogP contribution in [0.15, 0.2) is 53.0 Å². The van der Waals surface area contributed by atoms with Crippen molar-refractivity contribution in [3.05, 3.63) is 64.4 Å². The normalized spacial score (nSPS) is 10.6. The third kappa shape index (κ3) is 5.14. The monoisotopic (exact) mass is 350 g/mol. The summed E-state index contributed by atoms with van der Waals surface area (Å²) in [4.78, 5) is 2.25. The van der Waals surface area contributed by atoms with Crippen LogP contribution in [0.3, 0.4) is 0 Å². The first kappa shape index (κ1) is 16.0. The summed E-state index contributed by atoms with van der Waals surface area (Å²) in [6.07, 6.45) is 1.06. The van der Waals surface area contributed by atoms with Crippen molar-refractivity contribution >= 4 is 21.6 Å². The van der Waals surface area contributed by atoms with Gasteiger partial charge < -0.3 is 10.2 Å². The molecule has 2 nitrogen and oxygen atoms in total. The predicted octanol–water partition coefficient (Wildman–Crippen LogP) is 4.20. The van der Waals surface area contributed by atoms with Crippen molar-refractivity contribution in [3.8, 4) is 0 Å². The van der Waals surface area contributed by atoms with E-state index in [9.17, 15) is 4.39 Å². The van der Waals surface area contributed by atoms with Gasteiger partial charge in [-0.25, -0.2) is 4.39 Å². The largest absolute Gasteiger partial charge is 0.375 e. The number of para-hydroxylation sites is 1. The summed E-state index contributed by atoms with van der Waals surface area (Å²) in [7, 11) is 2.10. The van der Waals surface area contributed by atoms with E-state index in [1.807, 2.05) is 18.2 Å². The molecule has 0 bridgehead atoms. The Morgan fingerprint density at radius 1 is 1.14 bits per heavy atom. The Hall–Kier alpha value is -1.39. The standard InChI is InChI=1S/C17H20BrFN2/c1-21(15-6-3-2-4-7-15)11-5-10-20-13-14-8-9-17(19)16(18)12-14/h2-4,6-9,12,20H,5,10-11,13H2,1H3. The Morgan fingerprint density at radius 3 is 2.62 bits per heavy atom. The minimum atomic E-state index is -0.219. The van der Waals surface area contributed by atoms with Crippen molar-refractivity contribution < 1.29 is 4.39 Å². The minimum absolute atomic E-state index is 0.219. The van der Waals surface area contributed by atoms with Gasteiger partial charge in [0, 0.05) is 25.8 Å². The van der Waals surface area contributed by atoms with E-state index in [0.717, 1.165) is 31.6 Å². The number of hydrogen-bond donors (Lipinski definition) is 1. The molecule has 0 aliphatic heterocycles. The Morgan fingerprint density at radius 2 is 1.90 bits per heavy atom. The minimum Gasteiger partial charge on any atom is -0.375 e. The lowest BCUT2D eigenvalue weighted by atomic mass is 10.2. The molecule has 0 unspecified atom stereocenters. The van der Waals surface area contributed by atoms with Crippen LogP contribution in [0.1, 0.15) is 12.0 Å². The van der Waals surface area contributed by atoms with Gasteiger partial charge in [-0.15, -0.1) is 0 Å². The van der Waals surface area contributed by atoms with Gasteiger partial charge in [-0.1, -0.05) is 24.3 Å². The van der Waals surface area contributed by atoms with Crippen molar-refractivity contribution in [2.24, 2.45) is 0 Å². The van der Waals surface area contributed by atoms with Crippen molar-refractivity contribution in [1.29, 1.82) is 0 Å². The van der Waals surface area contributed by atoms with E-state index in [0.29, 0.717) is 4.47 Å². The first-order chi connectivity index (χ1) is 10.2. The van der Waals surface area contributed by atoms with E-state index in [1.54, 1.807) is 0 Å². The van der Waals surface area contributed by atoms with Gasteiger partial charge >= 0.3 is 0 Å². The molecule has 2 rings (SSSR count). The van der Waals surface area contributed by atoms with Crippen LogP contribution in [0, 0.1) is 5.82 Å². The summed E-state index contributed by atoms with van der Waals surface area (Å²) in [5, 5.41) is 3.39. The number of halogens is 2. The molecule has 0 atom stereocenters. The van der Waals surface area contributed by atoms with Crippen LogP contribution in [0.5, 0.6) is 0 Å². The van der Waals surface area contributed by atoms with Crippen LogP contribution >= 0.6 is 15.9 Å². The highest BCUT2D eigenvalue weighted by molar-refractivity contribution is 9.10. The van der Waals surface area contributed by atoms with Crippen molar-refractivity contribution in [2.75, 3.05) is 25.0 Å². The fourth-order valence-corrected chi connectivity index (χ4v) is 2.56. The molecule has 0 amide bonds. The van der Waals surface area contributed by atoms with Gasteiger partial charge in [0.1, 0.15) is 5.82 Å². The van der Waals surface area contributed by atoms with Crippen LogP contribution < -0.4 is 10.2 Å². The van der Waals surface area contributed by atoms with E-state index in [1.165, 1.54) is 11.8 Å². The number of nitrogens with zero attached hydrogens (tertiary/aromatic N) is 1. The molecule has 21 heavy (non-hydrogen) atoms. The second-order valence-electron chi connectivity index (χ2n) is 5.04. The van der Waals surface area contributed by atoms with Gasteiger partial charge in [0.2, 0.25) is 0 Å². The molecule has 2 aromatic carbocycles. The number of rotatable bonds is 7. The Labute approximate surface area is 134 Å². The van der Waals surface area contributed by atoms with E-state index in [2.05, 4.69) is 57.5 Å². The molecule has 0 saturated carbocycles. The highest BCUT2D eigenvalue weighted by Crippen LogP contribution is 2.16. The summed E-state index contributed by atoms with van der Waals surface area (Å²) in [5.41, 5.74) is 2.32. The van der Waals surface area contributed by atoms with Gasteiger partial charge in [-0.05, 0) is 58.7 Å². The molecular formula is C17H20BrFN2. The highest BCUT2D eigenvalue weighted by Gasteiger charge is 2.01. The molecule has 0 spiro atoms. The van der Waals surface area contributed by atoms with E-state index < -0.39 is 0 Å². The fourth-order valence-electron chi connectivity index (χ4n) is 2.14. The van der Waals surface area contributed by atoms with E-state index in [4.69, 9.17) is 0 Å². The number of hydrogen-bond acceptors (Lipinski definition) is 2. The summed E-state index contributed by atoms with van der Waals surface area (Å²) >= 11 is 3.20. The average molecular weight is 351 g/mol. The van der Waals surface area contributed by atoms with Crippen LogP contribution in [-0.2, 0) is 6.54 Å². The van der Waals surface area contributed by atoms with Crippen molar-refractivity contribution in [1.82, 2.24) is 5.32 Å². The topological polar surface area (TPSA) is 15.3 Å².